The zero-order valence-electron chi connectivity index (χ0n) is 13.0. The largest absolute Gasteiger partial charge is 0.380 e. The van der Waals surface area contributed by atoms with Gasteiger partial charge in [0, 0.05) is 25.7 Å². The van der Waals surface area contributed by atoms with Gasteiger partial charge in [-0.25, -0.2) is 0 Å². The van der Waals surface area contributed by atoms with Crippen LogP contribution >= 0.6 is 0 Å². The second-order valence-corrected chi connectivity index (χ2v) is 6.31. The molecule has 2 rings (SSSR count). The molecule has 112 valence electrons. The normalized spacial score (nSPS) is 37.4. The minimum atomic E-state index is 0.457. The molecule has 0 amide bonds. The number of nitrogens with zero attached hydrogens (tertiary/aromatic N) is 1. The highest BCUT2D eigenvalue weighted by atomic mass is 16.5. The van der Waals surface area contributed by atoms with Crippen LogP contribution in [-0.4, -0.2) is 49.8 Å². The van der Waals surface area contributed by atoms with Gasteiger partial charge >= 0.3 is 0 Å². The average molecular weight is 268 g/mol. The molecule has 3 nitrogen and oxygen atoms in total. The van der Waals surface area contributed by atoms with E-state index < -0.39 is 0 Å². The number of hydrogen-bond donors (Lipinski definition) is 1. The fourth-order valence-corrected chi connectivity index (χ4v) is 3.97. The first kappa shape index (κ1) is 15.3. The predicted octanol–water partition coefficient (Wildman–Crippen LogP) is 2.65. The molecule has 19 heavy (non-hydrogen) atoms. The summed E-state index contributed by atoms with van der Waals surface area (Å²) in [6.45, 7) is 8.09. The van der Waals surface area contributed by atoms with E-state index in [0.717, 1.165) is 25.0 Å². The number of ether oxygens (including phenoxy) is 1. The minimum Gasteiger partial charge on any atom is -0.380 e. The zero-order valence-corrected chi connectivity index (χ0v) is 13.0. The summed E-state index contributed by atoms with van der Waals surface area (Å²) >= 11 is 0. The Morgan fingerprint density at radius 2 is 2.05 bits per heavy atom. The molecule has 2 fully saturated rings. The molecule has 1 aliphatic heterocycles. The van der Waals surface area contributed by atoms with Gasteiger partial charge in [-0.05, 0) is 51.1 Å². The highest BCUT2D eigenvalue weighted by Crippen LogP contribution is 2.31. The van der Waals surface area contributed by atoms with Crippen molar-refractivity contribution in [3.05, 3.63) is 0 Å². The molecule has 0 aromatic carbocycles. The van der Waals surface area contributed by atoms with Crippen LogP contribution < -0.4 is 5.32 Å². The van der Waals surface area contributed by atoms with Gasteiger partial charge in [-0.2, -0.15) is 0 Å². The van der Waals surface area contributed by atoms with Gasteiger partial charge in [0.1, 0.15) is 0 Å². The first-order valence-corrected chi connectivity index (χ1v) is 8.28. The lowest BCUT2D eigenvalue weighted by Crippen LogP contribution is -2.56. The molecule has 0 aromatic heterocycles. The van der Waals surface area contributed by atoms with Crippen LogP contribution in [0.1, 0.15) is 52.4 Å². The quantitative estimate of drug-likeness (QED) is 0.829. The van der Waals surface area contributed by atoms with Gasteiger partial charge in [0.15, 0.2) is 0 Å². The fourth-order valence-electron chi connectivity index (χ4n) is 3.97. The molecule has 4 unspecified atom stereocenters. The molecule has 4 atom stereocenters. The molecule has 0 spiro atoms. The number of hydrogen-bond acceptors (Lipinski definition) is 3. The summed E-state index contributed by atoms with van der Waals surface area (Å²) in [5.74, 6) is 0.933. The molecular weight excluding hydrogens is 236 g/mol. The van der Waals surface area contributed by atoms with E-state index in [0.29, 0.717) is 12.1 Å². The Labute approximate surface area is 119 Å². The Hall–Kier alpha value is -0.120. The van der Waals surface area contributed by atoms with E-state index in [1.807, 2.05) is 7.11 Å². The van der Waals surface area contributed by atoms with E-state index in [-0.39, 0.29) is 0 Å². The number of rotatable bonds is 5. The van der Waals surface area contributed by atoms with Crippen LogP contribution in [0, 0.1) is 5.92 Å². The Kier molecular flexibility index (Phi) is 6.11. The summed E-state index contributed by atoms with van der Waals surface area (Å²) in [6.07, 6.45) is 8.48. The highest BCUT2D eigenvalue weighted by molar-refractivity contribution is 4.92. The number of piperidine rings is 1. The van der Waals surface area contributed by atoms with Crippen LogP contribution in [0.3, 0.4) is 0 Å². The van der Waals surface area contributed by atoms with Crippen LogP contribution in [0.25, 0.3) is 0 Å². The molecule has 1 saturated heterocycles. The molecule has 1 saturated carbocycles. The third-order valence-corrected chi connectivity index (χ3v) is 5.18. The van der Waals surface area contributed by atoms with E-state index in [9.17, 15) is 0 Å². The van der Waals surface area contributed by atoms with Crippen molar-refractivity contribution < 1.29 is 4.74 Å². The van der Waals surface area contributed by atoms with E-state index in [1.54, 1.807) is 0 Å². The molecule has 3 heteroatoms. The number of methoxy groups -OCH3 is 1. The number of nitrogens with one attached hydrogen (secondary N) is 1. The van der Waals surface area contributed by atoms with E-state index in [4.69, 9.17) is 4.74 Å². The SMILES string of the molecule is CCNC1CCC(CC)CC1N1CCCC(OC)C1. The monoisotopic (exact) mass is 268 g/mol. The summed E-state index contributed by atoms with van der Waals surface area (Å²) in [5.41, 5.74) is 0. The maximum atomic E-state index is 5.60. The van der Waals surface area contributed by atoms with Gasteiger partial charge in [-0.15, -0.1) is 0 Å². The lowest BCUT2D eigenvalue weighted by molar-refractivity contribution is -0.00591. The van der Waals surface area contributed by atoms with Gasteiger partial charge in [0.05, 0.1) is 6.10 Å². The number of likely N-dealkylation sites (N-methyl/N-ethyl adjacent to an activating group) is 1. The minimum absolute atomic E-state index is 0.457. The van der Waals surface area contributed by atoms with E-state index in [2.05, 4.69) is 24.1 Å². The van der Waals surface area contributed by atoms with Gasteiger partial charge in [-0.1, -0.05) is 20.3 Å². The van der Waals surface area contributed by atoms with Crippen molar-refractivity contribution in [1.29, 1.82) is 0 Å². The van der Waals surface area contributed by atoms with Gasteiger partial charge < -0.3 is 10.1 Å². The van der Waals surface area contributed by atoms with Crippen molar-refractivity contribution >= 4 is 0 Å². The lowest BCUT2D eigenvalue weighted by atomic mass is 9.79. The summed E-state index contributed by atoms with van der Waals surface area (Å²) in [6, 6.07) is 1.43. The van der Waals surface area contributed by atoms with Gasteiger partial charge in [-0.3, -0.25) is 4.90 Å². The van der Waals surface area contributed by atoms with Crippen molar-refractivity contribution in [1.82, 2.24) is 10.2 Å². The first-order valence-electron chi connectivity index (χ1n) is 8.28. The molecule has 0 aromatic rings. The average Bonchev–Trinajstić information content (AvgIpc) is 2.48. The summed E-state index contributed by atoms with van der Waals surface area (Å²) in [5, 5.41) is 3.73. The van der Waals surface area contributed by atoms with Crippen LogP contribution in [0.15, 0.2) is 0 Å². The topological polar surface area (TPSA) is 24.5 Å². The van der Waals surface area contributed by atoms with Crippen molar-refractivity contribution in [2.75, 3.05) is 26.7 Å². The highest BCUT2D eigenvalue weighted by Gasteiger charge is 2.35. The smallest absolute Gasteiger partial charge is 0.0698 e. The summed E-state index contributed by atoms with van der Waals surface area (Å²) in [7, 11) is 1.87. The Balaban J connectivity index is 1.99. The summed E-state index contributed by atoms with van der Waals surface area (Å²) in [4.78, 5) is 2.72. The Bertz CT molecular complexity index is 259. The van der Waals surface area contributed by atoms with Crippen molar-refractivity contribution in [2.45, 2.75) is 70.6 Å². The second kappa shape index (κ2) is 7.61. The first-order chi connectivity index (χ1) is 9.28. The second-order valence-electron chi connectivity index (χ2n) is 6.31. The molecular formula is C16H32N2O. The van der Waals surface area contributed by atoms with Crippen molar-refractivity contribution in [3.63, 3.8) is 0 Å². The van der Waals surface area contributed by atoms with E-state index >= 15 is 0 Å². The molecule has 1 heterocycles. The van der Waals surface area contributed by atoms with Crippen molar-refractivity contribution in [3.8, 4) is 0 Å². The molecule has 1 N–H and O–H groups in total. The van der Waals surface area contributed by atoms with Crippen LogP contribution in [-0.2, 0) is 4.74 Å². The van der Waals surface area contributed by atoms with Crippen LogP contribution in [0.2, 0.25) is 0 Å². The fraction of sp³-hybridized carbons (Fsp3) is 1.00. The maximum absolute atomic E-state index is 5.60. The Morgan fingerprint density at radius 3 is 2.74 bits per heavy atom. The van der Waals surface area contributed by atoms with Crippen LogP contribution in [0.4, 0.5) is 0 Å². The lowest BCUT2D eigenvalue weighted by Gasteiger charge is -2.45. The summed E-state index contributed by atoms with van der Waals surface area (Å²) < 4.78 is 5.60. The molecule has 0 radical (unpaired) electrons. The van der Waals surface area contributed by atoms with Crippen LogP contribution in [0.5, 0.6) is 0 Å². The molecule has 1 aliphatic carbocycles. The maximum Gasteiger partial charge on any atom is 0.0698 e. The molecule has 2 aliphatic rings. The van der Waals surface area contributed by atoms with E-state index in [1.165, 1.54) is 45.1 Å². The van der Waals surface area contributed by atoms with Crippen molar-refractivity contribution in [2.24, 2.45) is 5.92 Å². The number of likely N-dealkylation sites (tertiary alicyclic amines) is 1. The zero-order chi connectivity index (χ0) is 13.7. The Morgan fingerprint density at radius 1 is 1.21 bits per heavy atom. The third kappa shape index (κ3) is 3.93. The van der Waals surface area contributed by atoms with Gasteiger partial charge in [0.2, 0.25) is 0 Å². The predicted molar refractivity (Wildman–Crippen MR) is 80.5 cm³/mol. The van der Waals surface area contributed by atoms with Gasteiger partial charge in [0.25, 0.3) is 0 Å². The third-order valence-electron chi connectivity index (χ3n) is 5.18. The standard InChI is InChI=1S/C16H32N2O/c1-4-13-8-9-15(17-5-2)16(11-13)18-10-6-7-14(12-18)19-3/h13-17H,4-12H2,1-3H3. The molecule has 0 bridgehead atoms.